The molecular weight excluding hydrogens is 1070 g/mol. The average Bonchev–Trinajstić information content (AvgIpc) is 4.07. The molecule has 0 spiro atoms. The fourth-order valence-corrected chi connectivity index (χ4v) is 10.9. The van der Waals surface area contributed by atoms with Crippen LogP contribution in [0.1, 0.15) is 84.9 Å². The molecular formula is C50H61Cl5N16O4. The Morgan fingerprint density at radius 3 is 1.43 bits per heavy atom. The maximum absolute atomic E-state index is 12.9. The maximum atomic E-state index is 12.9. The van der Waals surface area contributed by atoms with Crippen LogP contribution in [-0.2, 0) is 0 Å². The minimum Gasteiger partial charge on any atom is -0.420 e. The van der Waals surface area contributed by atoms with Crippen LogP contribution < -0.4 is 26.6 Å². The van der Waals surface area contributed by atoms with Crippen molar-refractivity contribution in [3.05, 3.63) is 91.8 Å². The van der Waals surface area contributed by atoms with Gasteiger partial charge in [-0.1, -0.05) is 60.3 Å². The zero-order chi connectivity index (χ0) is 53.3. The minimum absolute atomic E-state index is 0.0666. The number of piperazine rings is 2. The van der Waals surface area contributed by atoms with E-state index >= 15 is 0 Å². The highest BCUT2D eigenvalue weighted by molar-refractivity contribution is 6.67. The molecule has 0 unspecified atom stereocenters. The number of benzene rings is 2. The lowest BCUT2D eigenvalue weighted by atomic mass is 9.97. The first kappa shape index (κ1) is 55.8. The molecule has 75 heavy (non-hydrogen) atoms. The monoisotopic (exact) mass is 1120 g/mol. The number of piperidine rings is 2. The van der Waals surface area contributed by atoms with Gasteiger partial charge in [0.1, 0.15) is 0 Å². The smallest absolute Gasteiger partial charge is 0.270 e. The van der Waals surface area contributed by atoms with Crippen LogP contribution >= 0.6 is 58.0 Å². The number of nitrogens with two attached hydrogens (primary N) is 2. The van der Waals surface area contributed by atoms with Gasteiger partial charge in [-0.25, -0.2) is 19.9 Å². The van der Waals surface area contributed by atoms with E-state index in [-0.39, 0.29) is 34.5 Å². The Morgan fingerprint density at radius 1 is 0.600 bits per heavy atom. The van der Waals surface area contributed by atoms with Crippen molar-refractivity contribution < 1.29 is 18.4 Å². The number of nitrogen functional groups attached to an aromatic ring is 2. The van der Waals surface area contributed by atoms with Crippen molar-refractivity contribution in [1.29, 1.82) is 0 Å². The third-order valence-corrected chi connectivity index (χ3v) is 15.2. The summed E-state index contributed by atoms with van der Waals surface area (Å²) in [6, 6.07) is 15.4. The number of nitrogens with one attached hydrogen (secondary N) is 1. The Bertz CT molecular complexity index is 2880. The number of amides is 1. The molecule has 0 aliphatic carbocycles. The summed E-state index contributed by atoms with van der Waals surface area (Å²) in [6.07, 6.45) is 6.38. The van der Waals surface area contributed by atoms with Crippen molar-refractivity contribution in [2.45, 2.75) is 90.4 Å². The number of aromatic nitrogens is 8. The zero-order valence-electron chi connectivity index (χ0n) is 42.2. The van der Waals surface area contributed by atoms with Gasteiger partial charge < -0.3 is 40.3 Å². The number of carbonyl (C=O) groups excluding carboxylic acids is 2. The van der Waals surface area contributed by atoms with Crippen LogP contribution in [-0.4, -0.2) is 156 Å². The van der Waals surface area contributed by atoms with Gasteiger partial charge in [-0.3, -0.25) is 19.4 Å². The molecule has 5 N–H and O–H groups in total. The Hall–Kier alpha value is -5.45. The van der Waals surface area contributed by atoms with Gasteiger partial charge in [0, 0.05) is 112 Å². The van der Waals surface area contributed by atoms with Crippen molar-refractivity contribution >= 4 is 92.4 Å². The molecule has 25 heteroatoms. The number of carbonyl (C=O) groups is 2. The molecule has 10 rings (SSSR count). The number of halogens is 5. The van der Waals surface area contributed by atoms with Crippen molar-refractivity contribution in [2.75, 3.05) is 86.7 Å². The number of hydrogen-bond acceptors (Lipinski definition) is 19. The summed E-state index contributed by atoms with van der Waals surface area (Å²) < 4.78 is 10.9. The zero-order valence-corrected chi connectivity index (χ0v) is 46.0. The Balaban J connectivity index is 0.000000172. The first-order chi connectivity index (χ1) is 36.1. The SMILES string of the molecule is CC[C@H]1CN(c2nc(N)c(-c3nnc(C)o3)nc2Cl)CCN1C1CCN(C(=O)c2ccc(Cl)cc2)CC1.CC[C@H]1CN(c2nc(N)c(-c3nnc(C)o3)nc2Cl)CCN1C1CCNCC1.O=C(Cl)c1ccc(Cl)cc1. The number of likely N-dealkylation sites (tertiary alicyclic amines) is 1. The van der Waals surface area contributed by atoms with Crippen molar-refractivity contribution in [1.82, 2.24) is 60.3 Å². The summed E-state index contributed by atoms with van der Waals surface area (Å²) in [5.41, 5.74) is 14.1. The predicted octanol–water partition coefficient (Wildman–Crippen LogP) is 8.37. The van der Waals surface area contributed by atoms with E-state index in [1.807, 2.05) is 4.90 Å². The summed E-state index contributed by atoms with van der Waals surface area (Å²) in [5, 5.41) is 20.4. The van der Waals surface area contributed by atoms with E-state index in [1.165, 1.54) is 12.8 Å². The Morgan fingerprint density at radius 2 is 1.03 bits per heavy atom. The molecule has 2 aromatic carbocycles. The fourth-order valence-electron chi connectivity index (χ4n) is 10.0. The summed E-state index contributed by atoms with van der Waals surface area (Å²) >= 11 is 29.7. The first-order valence-corrected chi connectivity index (χ1v) is 27.0. The summed E-state index contributed by atoms with van der Waals surface area (Å²) in [4.78, 5) is 52.9. The summed E-state index contributed by atoms with van der Waals surface area (Å²) in [7, 11) is 0. The lowest BCUT2D eigenvalue weighted by Gasteiger charge is -2.47. The molecule has 0 saturated carbocycles. The maximum Gasteiger partial charge on any atom is 0.270 e. The van der Waals surface area contributed by atoms with Crippen molar-refractivity contribution in [3.8, 4) is 23.2 Å². The van der Waals surface area contributed by atoms with Crippen LogP contribution in [0.3, 0.4) is 0 Å². The van der Waals surface area contributed by atoms with Crippen molar-refractivity contribution in [3.63, 3.8) is 0 Å². The molecule has 4 fully saturated rings. The van der Waals surface area contributed by atoms with Gasteiger partial charge in [-0.15, -0.1) is 20.4 Å². The standard InChI is InChI=1S/C25H30Cl2N8O2.C18H27ClN8O.C7H4Cl2O/c1-3-18-14-34(23-21(27)29-20(22(28)30-23)24-32-31-15(2)37-24)12-13-35(18)19-8-10-33(11-9-19)25(36)16-4-6-17(26)7-5-16;1-3-12-10-26(8-9-27(12)13-4-6-21-7-5-13)17-15(19)22-14(16(20)23-17)18-25-24-11(2)28-18;8-6-3-1-5(2-4-6)7(9)10/h4-7,18-19H,3,8-14H2,1-2H3,(H2,28,30);12-13,21H,3-10H2,1-2H3,(H2,20,23);1-4H/t18-;12-;/m00./s1. The second-order valence-corrected chi connectivity index (χ2v) is 20.6. The van der Waals surface area contributed by atoms with E-state index in [0.29, 0.717) is 85.3 Å². The van der Waals surface area contributed by atoms with Gasteiger partial charge in [0.2, 0.25) is 11.8 Å². The predicted molar refractivity (Wildman–Crippen MR) is 293 cm³/mol. The normalized spacial score (nSPS) is 19.0. The van der Waals surface area contributed by atoms with Gasteiger partial charge in [-0.05, 0) is 112 Å². The minimum atomic E-state index is -0.461. The lowest BCUT2D eigenvalue weighted by molar-refractivity contribution is 0.0490. The molecule has 20 nitrogen and oxygen atoms in total. The molecule has 0 radical (unpaired) electrons. The molecule has 1 amide bonds. The fraction of sp³-hybridized carbons (Fsp3) is 0.480. The highest BCUT2D eigenvalue weighted by atomic mass is 35.5. The number of nitrogens with zero attached hydrogens (tertiary/aromatic N) is 13. The van der Waals surface area contributed by atoms with E-state index in [9.17, 15) is 9.59 Å². The van der Waals surface area contributed by atoms with E-state index in [4.69, 9.17) is 78.3 Å². The number of hydrogen-bond donors (Lipinski definition) is 3. The van der Waals surface area contributed by atoms with Gasteiger partial charge in [0.15, 0.2) is 45.0 Å². The topological polar surface area (TPSA) is 244 Å². The number of rotatable bonds is 10. The Kier molecular flexibility index (Phi) is 19.0. The molecule has 4 aromatic heterocycles. The van der Waals surface area contributed by atoms with Crippen LogP contribution in [0.2, 0.25) is 20.4 Å². The molecule has 6 aromatic rings. The average molecular weight is 1130 g/mol. The number of aryl methyl sites for hydroxylation is 2. The summed E-state index contributed by atoms with van der Waals surface area (Å²) in [6.45, 7) is 16.7. The van der Waals surface area contributed by atoms with Crippen LogP contribution in [0, 0.1) is 13.8 Å². The Labute approximate surface area is 460 Å². The quantitative estimate of drug-likeness (QED) is 0.109. The molecule has 4 aliphatic rings. The van der Waals surface area contributed by atoms with Crippen molar-refractivity contribution in [2.24, 2.45) is 0 Å². The summed E-state index contributed by atoms with van der Waals surface area (Å²) in [5.74, 6) is 3.01. The highest BCUT2D eigenvalue weighted by Crippen LogP contribution is 2.34. The van der Waals surface area contributed by atoms with Gasteiger partial charge >= 0.3 is 0 Å². The van der Waals surface area contributed by atoms with Gasteiger partial charge in [0.25, 0.3) is 22.9 Å². The lowest BCUT2D eigenvalue weighted by Crippen LogP contribution is -2.58. The van der Waals surface area contributed by atoms with E-state index in [1.54, 1.807) is 62.4 Å². The largest absolute Gasteiger partial charge is 0.420 e. The first-order valence-electron chi connectivity index (χ1n) is 25.1. The molecule has 2 atom stereocenters. The van der Waals surface area contributed by atoms with E-state index < -0.39 is 5.24 Å². The molecule has 0 bridgehead atoms. The van der Waals surface area contributed by atoms with E-state index in [2.05, 4.69) is 79.1 Å². The highest BCUT2D eigenvalue weighted by Gasteiger charge is 2.36. The number of anilines is 4. The molecule has 8 heterocycles. The third kappa shape index (κ3) is 13.8. The molecule has 4 saturated heterocycles. The molecule has 4 aliphatic heterocycles. The third-order valence-electron chi connectivity index (χ3n) is 13.9. The van der Waals surface area contributed by atoms with Gasteiger partial charge in [0.05, 0.1) is 0 Å². The van der Waals surface area contributed by atoms with Crippen LogP contribution in [0.5, 0.6) is 0 Å². The van der Waals surface area contributed by atoms with Crippen LogP contribution in [0.4, 0.5) is 23.3 Å². The molecule has 400 valence electrons. The van der Waals surface area contributed by atoms with Crippen LogP contribution in [0.25, 0.3) is 23.2 Å². The second-order valence-electron chi connectivity index (χ2n) is 18.7. The van der Waals surface area contributed by atoms with Crippen LogP contribution in [0.15, 0.2) is 57.4 Å². The van der Waals surface area contributed by atoms with E-state index in [0.717, 1.165) is 91.1 Å². The second kappa shape index (κ2) is 25.6. The van der Waals surface area contributed by atoms with Gasteiger partial charge in [-0.2, -0.15) is 0 Å².